The molecule has 98 valence electrons. The summed E-state index contributed by atoms with van der Waals surface area (Å²) in [6, 6.07) is 0.147. The van der Waals surface area contributed by atoms with Crippen molar-refractivity contribution in [2.45, 2.75) is 76.7 Å². The Labute approximate surface area is 105 Å². The molecule has 0 aromatic carbocycles. The second-order valence-electron chi connectivity index (χ2n) is 6.00. The predicted octanol–water partition coefficient (Wildman–Crippen LogP) is 3.43. The molecule has 0 saturated heterocycles. The van der Waals surface area contributed by atoms with E-state index in [4.69, 9.17) is 5.73 Å². The van der Waals surface area contributed by atoms with Crippen LogP contribution in [0.5, 0.6) is 0 Å². The fourth-order valence-electron chi connectivity index (χ4n) is 3.56. The van der Waals surface area contributed by atoms with Gasteiger partial charge in [0.15, 0.2) is 0 Å². The van der Waals surface area contributed by atoms with Gasteiger partial charge in [0.25, 0.3) is 0 Å². The highest BCUT2D eigenvalue weighted by atomic mass is 16.1. The summed E-state index contributed by atoms with van der Waals surface area (Å²) in [5.41, 5.74) is 6.20. The zero-order valence-electron chi connectivity index (χ0n) is 11.0. The van der Waals surface area contributed by atoms with Crippen molar-refractivity contribution in [1.29, 1.82) is 0 Å². The van der Waals surface area contributed by atoms with Crippen molar-refractivity contribution in [2.75, 3.05) is 0 Å². The Hall–Kier alpha value is -0.370. The van der Waals surface area contributed by atoms with Gasteiger partial charge in [0.2, 0.25) is 0 Å². The monoisotopic (exact) mass is 237 g/mol. The second kappa shape index (κ2) is 6.53. The molecule has 2 heteroatoms. The van der Waals surface area contributed by atoms with Gasteiger partial charge in [-0.2, -0.15) is 0 Å². The van der Waals surface area contributed by atoms with E-state index in [-0.39, 0.29) is 12.0 Å². The molecule has 0 amide bonds. The van der Waals surface area contributed by atoms with Crippen LogP contribution >= 0.6 is 0 Å². The van der Waals surface area contributed by atoms with Crippen molar-refractivity contribution < 1.29 is 4.79 Å². The van der Waals surface area contributed by atoms with Crippen LogP contribution in [0.2, 0.25) is 0 Å². The fourth-order valence-corrected chi connectivity index (χ4v) is 3.56. The van der Waals surface area contributed by atoms with E-state index >= 15 is 0 Å². The lowest BCUT2D eigenvalue weighted by molar-refractivity contribution is -0.128. The zero-order valence-corrected chi connectivity index (χ0v) is 11.0. The summed E-state index contributed by atoms with van der Waals surface area (Å²) in [7, 11) is 0. The van der Waals surface area contributed by atoms with Gasteiger partial charge in [0.05, 0.1) is 0 Å². The standard InChI is InChI=1S/C15H27NO/c16-14-11-7-3-6-10-13(14)15(17)12-8-4-1-2-5-9-12/h12-14H,1-11,16H2. The summed E-state index contributed by atoms with van der Waals surface area (Å²) in [5.74, 6) is 1.04. The highest BCUT2D eigenvalue weighted by Crippen LogP contribution is 2.31. The molecule has 0 spiro atoms. The Morgan fingerprint density at radius 2 is 1.29 bits per heavy atom. The van der Waals surface area contributed by atoms with Crippen LogP contribution in [0.4, 0.5) is 0 Å². The van der Waals surface area contributed by atoms with Crippen molar-refractivity contribution in [2.24, 2.45) is 17.6 Å². The lowest BCUT2D eigenvalue weighted by Crippen LogP contribution is -2.37. The van der Waals surface area contributed by atoms with E-state index in [1.54, 1.807) is 0 Å². The minimum atomic E-state index is 0.147. The molecule has 2 nitrogen and oxygen atoms in total. The molecular weight excluding hydrogens is 210 g/mol. The van der Waals surface area contributed by atoms with Crippen LogP contribution in [-0.4, -0.2) is 11.8 Å². The molecular formula is C15H27NO. The Balaban J connectivity index is 1.96. The van der Waals surface area contributed by atoms with E-state index in [9.17, 15) is 4.79 Å². The maximum Gasteiger partial charge on any atom is 0.140 e. The average Bonchev–Trinajstić information content (AvgIpc) is 2.70. The molecule has 0 heterocycles. The summed E-state index contributed by atoms with van der Waals surface area (Å²) in [6.07, 6.45) is 13.2. The van der Waals surface area contributed by atoms with Gasteiger partial charge in [0, 0.05) is 17.9 Å². The van der Waals surface area contributed by atoms with Crippen LogP contribution in [0.1, 0.15) is 70.6 Å². The third kappa shape index (κ3) is 3.54. The quantitative estimate of drug-likeness (QED) is 0.748. The Bertz CT molecular complexity index is 243. The minimum Gasteiger partial charge on any atom is -0.327 e. The van der Waals surface area contributed by atoms with Gasteiger partial charge >= 0.3 is 0 Å². The van der Waals surface area contributed by atoms with E-state index in [2.05, 4.69) is 0 Å². The lowest BCUT2D eigenvalue weighted by Gasteiger charge is -2.24. The molecule has 2 rings (SSSR count). The molecule has 2 saturated carbocycles. The van der Waals surface area contributed by atoms with Crippen molar-refractivity contribution in [3.8, 4) is 0 Å². The third-order valence-electron chi connectivity index (χ3n) is 4.69. The van der Waals surface area contributed by atoms with Crippen LogP contribution in [0.3, 0.4) is 0 Å². The number of nitrogens with two attached hydrogens (primary N) is 1. The molecule has 2 aliphatic carbocycles. The maximum atomic E-state index is 12.6. The van der Waals surface area contributed by atoms with Gasteiger partial charge in [-0.05, 0) is 25.7 Å². The molecule has 2 unspecified atom stereocenters. The first-order chi connectivity index (χ1) is 8.29. The molecule has 0 aromatic rings. The number of rotatable bonds is 2. The van der Waals surface area contributed by atoms with Crippen molar-refractivity contribution in [3.63, 3.8) is 0 Å². The molecule has 17 heavy (non-hydrogen) atoms. The van der Waals surface area contributed by atoms with E-state index in [0.717, 1.165) is 25.7 Å². The largest absolute Gasteiger partial charge is 0.327 e. The average molecular weight is 237 g/mol. The molecule has 0 aliphatic heterocycles. The Kier molecular flexibility index (Phi) is 5.02. The number of Topliss-reactive ketones (excluding diaryl/α,β-unsaturated/α-hetero) is 1. The number of carbonyl (C=O) groups excluding carboxylic acids is 1. The molecule has 0 bridgehead atoms. The first-order valence-electron chi connectivity index (χ1n) is 7.58. The van der Waals surface area contributed by atoms with Gasteiger partial charge < -0.3 is 5.73 Å². The van der Waals surface area contributed by atoms with E-state index in [1.807, 2.05) is 0 Å². The van der Waals surface area contributed by atoms with Crippen LogP contribution in [-0.2, 0) is 4.79 Å². The molecule has 2 atom stereocenters. The van der Waals surface area contributed by atoms with E-state index < -0.39 is 0 Å². The Morgan fingerprint density at radius 3 is 2.00 bits per heavy atom. The Morgan fingerprint density at radius 1 is 0.765 bits per heavy atom. The molecule has 0 radical (unpaired) electrons. The van der Waals surface area contributed by atoms with Crippen molar-refractivity contribution in [3.05, 3.63) is 0 Å². The van der Waals surface area contributed by atoms with E-state index in [0.29, 0.717) is 11.7 Å². The number of carbonyl (C=O) groups is 1. The van der Waals surface area contributed by atoms with Crippen LogP contribution in [0.25, 0.3) is 0 Å². The minimum absolute atomic E-state index is 0.147. The molecule has 2 fully saturated rings. The zero-order chi connectivity index (χ0) is 12.1. The number of hydrogen-bond acceptors (Lipinski definition) is 2. The number of ketones is 1. The molecule has 2 N–H and O–H groups in total. The first-order valence-corrected chi connectivity index (χ1v) is 7.58. The van der Waals surface area contributed by atoms with Gasteiger partial charge in [-0.15, -0.1) is 0 Å². The summed E-state index contributed by atoms with van der Waals surface area (Å²) >= 11 is 0. The lowest BCUT2D eigenvalue weighted by atomic mass is 9.81. The van der Waals surface area contributed by atoms with Gasteiger partial charge in [-0.1, -0.05) is 44.9 Å². The highest BCUT2D eigenvalue weighted by Gasteiger charge is 2.31. The summed E-state index contributed by atoms with van der Waals surface area (Å²) in [5, 5.41) is 0. The third-order valence-corrected chi connectivity index (χ3v) is 4.69. The van der Waals surface area contributed by atoms with Gasteiger partial charge in [0.1, 0.15) is 5.78 Å². The van der Waals surface area contributed by atoms with Gasteiger partial charge in [-0.25, -0.2) is 0 Å². The summed E-state index contributed by atoms with van der Waals surface area (Å²) in [4.78, 5) is 12.6. The highest BCUT2D eigenvalue weighted by molar-refractivity contribution is 5.84. The smallest absolute Gasteiger partial charge is 0.140 e. The van der Waals surface area contributed by atoms with Crippen molar-refractivity contribution >= 4 is 5.78 Å². The van der Waals surface area contributed by atoms with Crippen LogP contribution in [0, 0.1) is 11.8 Å². The van der Waals surface area contributed by atoms with Gasteiger partial charge in [-0.3, -0.25) is 4.79 Å². The fraction of sp³-hybridized carbons (Fsp3) is 0.933. The van der Waals surface area contributed by atoms with Crippen LogP contribution < -0.4 is 5.73 Å². The summed E-state index contributed by atoms with van der Waals surface area (Å²) < 4.78 is 0. The van der Waals surface area contributed by atoms with Crippen LogP contribution in [0.15, 0.2) is 0 Å². The topological polar surface area (TPSA) is 43.1 Å². The first kappa shape index (κ1) is 13.1. The van der Waals surface area contributed by atoms with Crippen molar-refractivity contribution in [1.82, 2.24) is 0 Å². The second-order valence-corrected chi connectivity index (χ2v) is 6.00. The number of hydrogen-bond donors (Lipinski definition) is 1. The molecule has 2 aliphatic rings. The predicted molar refractivity (Wildman–Crippen MR) is 70.7 cm³/mol. The normalized spacial score (nSPS) is 32.8. The maximum absolute atomic E-state index is 12.6. The molecule has 0 aromatic heterocycles. The van der Waals surface area contributed by atoms with E-state index in [1.165, 1.54) is 44.9 Å². The summed E-state index contributed by atoms with van der Waals surface area (Å²) in [6.45, 7) is 0. The SMILES string of the molecule is NC1CCCCCC1C(=O)C1CCCCCC1.